The van der Waals surface area contributed by atoms with Crippen molar-refractivity contribution in [2.45, 2.75) is 32.4 Å². The van der Waals surface area contributed by atoms with E-state index in [2.05, 4.69) is 42.6 Å². The second-order valence-corrected chi connectivity index (χ2v) is 6.46. The molecule has 0 aliphatic rings. The summed E-state index contributed by atoms with van der Waals surface area (Å²) in [7, 11) is 0. The van der Waals surface area contributed by atoms with Crippen LogP contribution in [0.2, 0.25) is 5.02 Å². The van der Waals surface area contributed by atoms with Crippen molar-refractivity contribution in [3.8, 4) is 11.3 Å². The monoisotopic (exact) mass is 375 g/mol. The highest BCUT2D eigenvalue weighted by Gasteiger charge is 2.09. The van der Waals surface area contributed by atoms with Crippen LogP contribution in [-0.4, -0.2) is 6.04 Å². The Balaban J connectivity index is 0.00000225. The van der Waals surface area contributed by atoms with Gasteiger partial charge in [0.05, 0.1) is 11.6 Å². The molecule has 1 aromatic heterocycles. The minimum atomic E-state index is 0. The van der Waals surface area contributed by atoms with Crippen LogP contribution in [0.15, 0.2) is 71.1 Å². The maximum Gasteiger partial charge on any atom is 0.135 e. The van der Waals surface area contributed by atoms with Gasteiger partial charge in [0.15, 0.2) is 0 Å². The molecule has 25 heavy (non-hydrogen) atoms. The van der Waals surface area contributed by atoms with Gasteiger partial charge in [0.2, 0.25) is 0 Å². The fraction of sp³-hybridized carbons (Fsp3) is 0.238. The highest BCUT2D eigenvalue weighted by Crippen LogP contribution is 2.29. The molecule has 3 rings (SSSR count). The minimum Gasteiger partial charge on any atom is -0.460 e. The van der Waals surface area contributed by atoms with Crippen molar-refractivity contribution in [3.05, 3.63) is 83.1 Å². The van der Waals surface area contributed by atoms with E-state index in [4.69, 9.17) is 16.0 Å². The summed E-state index contributed by atoms with van der Waals surface area (Å²) in [4.78, 5) is 0. The Morgan fingerprint density at radius 1 is 0.960 bits per heavy atom. The molecule has 3 aromatic rings. The lowest BCUT2D eigenvalue weighted by molar-refractivity contribution is 0.449. The molecule has 1 N–H and O–H groups in total. The van der Waals surface area contributed by atoms with Gasteiger partial charge in [-0.3, -0.25) is 0 Å². The van der Waals surface area contributed by atoms with Crippen molar-refractivity contribution < 1.29 is 4.42 Å². The van der Waals surface area contributed by atoms with Crippen molar-refractivity contribution in [1.29, 1.82) is 0 Å². The highest BCUT2D eigenvalue weighted by atomic mass is 35.5. The molecule has 1 unspecified atom stereocenters. The predicted molar refractivity (Wildman–Crippen MR) is 107 cm³/mol. The molecule has 4 heteroatoms. The van der Waals surface area contributed by atoms with E-state index < -0.39 is 0 Å². The van der Waals surface area contributed by atoms with E-state index in [0.29, 0.717) is 11.1 Å². The van der Waals surface area contributed by atoms with E-state index in [1.165, 1.54) is 5.56 Å². The van der Waals surface area contributed by atoms with Gasteiger partial charge in [0.1, 0.15) is 11.5 Å². The van der Waals surface area contributed by atoms with E-state index in [0.717, 1.165) is 36.5 Å². The van der Waals surface area contributed by atoms with E-state index in [9.17, 15) is 0 Å². The maximum absolute atomic E-state index is 6.22. The second kappa shape index (κ2) is 9.67. The molecule has 0 aliphatic carbocycles. The number of aryl methyl sites for hydroxylation is 1. The number of hydrogen-bond donors (Lipinski definition) is 1. The average Bonchev–Trinajstić information content (AvgIpc) is 3.08. The van der Waals surface area contributed by atoms with Gasteiger partial charge in [-0.15, -0.1) is 12.4 Å². The summed E-state index contributed by atoms with van der Waals surface area (Å²) in [5.74, 6) is 1.74. The molecule has 0 amide bonds. The van der Waals surface area contributed by atoms with E-state index in [1.54, 1.807) is 0 Å². The van der Waals surface area contributed by atoms with Gasteiger partial charge in [-0.25, -0.2) is 0 Å². The largest absolute Gasteiger partial charge is 0.460 e. The molecule has 2 nitrogen and oxygen atoms in total. The summed E-state index contributed by atoms with van der Waals surface area (Å²) >= 11 is 6.22. The summed E-state index contributed by atoms with van der Waals surface area (Å²) in [5.41, 5.74) is 2.31. The Kier molecular flexibility index (Phi) is 7.57. The first-order chi connectivity index (χ1) is 11.7. The molecule has 0 radical (unpaired) electrons. The average molecular weight is 376 g/mol. The number of nitrogens with one attached hydrogen (secondary N) is 1. The number of furan rings is 1. The van der Waals surface area contributed by atoms with Gasteiger partial charge in [0, 0.05) is 11.6 Å². The van der Waals surface area contributed by atoms with Crippen LogP contribution in [0, 0.1) is 0 Å². The first-order valence-electron chi connectivity index (χ1n) is 8.33. The van der Waals surface area contributed by atoms with Gasteiger partial charge in [-0.1, -0.05) is 54.1 Å². The zero-order valence-electron chi connectivity index (χ0n) is 14.2. The normalized spacial score (nSPS) is 11.8. The Labute approximate surface area is 160 Å². The van der Waals surface area contributed by atoms with Gasteiger partial charge < -0.3 is 9.73 Å². The fourth-order valence-electron chi connectivity index (χ4n) is 2.68. The number of benzene rings is 2. The van der Waals surface area contributed by atoms with Gasteiger partial charge in [-0.05, 0) is 49.6 Å². The van der Waals surface area contributed by atoms with E-state index >= 15 is 0 Å². The Morgan fingerprint density at radius 3 is 2.44 bits per heavy atom. The quantitative estimate of drug-likeness (QED) is 0.536. The lowest BCUT2D eigenvalue weighted by Gasteiger charge is -2.12. The summed E-state index contributed by atoms with van der Waals surface area (Å²) in [6.07, 6.45) is 2.18. The van der Waals surface area contributed by atoms with Crippen LogP contribution in [-0.2, 0) is 13.0 Å². The summed E-state index contributed by atoms with van der Waals surface area (Å²) in [6, 6.07) is 22.7. The van der Waals surface area contributed by atoms with Crippen molar-refractivity contribution in [2.24, 2.45) is 0 Å². The van der Waals surface area contributed by atoms with Crippen molar-refractivity contribution in [1.82, 2.24) is 5.32 Å². The minimum absolute atomic E-state index is 0. The molecule has 0 spiro atoms. The SMILES string of the molecule is CC(CCc1ccccc1)NCc1ccc(-c2ccccc2Cl)o1.Cl. The molecule has 0 saturated carbocycles. The first kappa shape index (κ1) is 19.6. The van der Waals surface area contributed by atoms with Crippen LogP contribution in [0.1, 0.15) is 24.7 Å². The third kappa shape index (κ3) is 5.64. The van der Waals surface area contributed by atoms with Gasteiger partial charge in [-0.2, -0.15) is 0 Å². The van der Waals surface area contributed by atoms with Gasteiger partial charge in [0.25, 0.3) is 0 Å². The number of rotatable bonds is 7. The zero-order chi connectivity index (χ0) is 16.8. The molecule has 1 atom stereocenters. The molecule has 0 bridgehead atoms. The summed E-state index contributed by atoms with van der Waals surface area (Å²) in [5, 5.41) is 4.23. The van der Waals surface area contributed by atoms with Crippen molar-refractivity contribution in [2.75, 3.05) is 0 Å². The summed E-state index contributed by atoms with van der Waals surface area (Å²) in [6.45, 7) is 2.93. The molecular formula is C21H23Cl2NO. The standard InChI is InChI=1S/C21H22ClNO.ClH/c1-16(11-12-17-7-3-2-4-8-17)23-15-18-13-14-21(24-18)19-9-5-6-10-20(19)22;/h2-10,13-14,16,23H,11-12,15H2,1H3;1H. The molecule has 2 aromatic carbocycles. The van der Waals surface area contributed by atoms with Crippen LogP contribution < -0.4 is 5.32 Å². The van der Waals surface area contributed by atoms with Gasteiger partial charge >= 0.3 is 0 Å². The van der Waals surface area contributed by atoms with Crippen LogP contribution in [0.5, 0.6) is 0 Å². The smallest absolute Gasteiger partial charge is 0.135 e. The third-order valence-corrected chi connectivity index (χ3v) is 4.46. The molecule has 0 fully saturated rings. The molecule has 0 aliphatic heterocycles. The second-order valence-electron chi connectivity index (χ2n) is 6.05. The lowest BCUT2D eigenvalue weighted by atomic mass is 10.1. The lowest BCUT2D eigenvalue weighted by Crippen LogP contribution is -2.25. The topological polar surface area (TPSA) is 25.2 Å². The van der Waals surface area contributed by atoms with Crippen LogP contribution in [0.4, 0.5) is 0 Å². The summed E-state index contributed by atoms with van der Waals surface area (Å²) < 4.78 is 5.92. The number of hydrogen-bond acceptors (Lipinski definition) is 2. The molecule has 0 saturated heterocycles. The molecule has 132 valence electrons. The van der Waals surface area contributed by atoms with Crippen LogP contribution in [0.3, 0.4) is 0 Å². The highest BCUT2D eigenvalue weighted by molar-refractivity contribution is 6.33. The van der Waals surface area contributed by atoms with Crippen LogP contribution >= 0.6 is 24.0 Å². The van der Waals surface area contributed by atoms with Crippen molar-refractivity contribution in [3.63, 3.8) is 0 Å². The molecule has 1 heterocycles. The van der Waals surface area contributed by atoms with E-state index in [1.807, 2.05) is 36.4 Å². The van der Waals surface area contributed by atoms with E-state index in [-0.39, 0.29) is 12.4 Å². The van der Waals surface area contributed by atoms with Crippen LogP contribution in [0.25, 0.3) is 11.3 Å². The Morgan fingerprint density at radius 2 is 1.68 bits per heavy atom. The zero-order valence-corrected chi connectivity index (χ0v) is 15.8. The third-order valence-electron chi connectivity index (χ3n) is 4.13. The fourth-order valence-corrected chi connectivity index (χ4v) is 2.91. The molecular weight excluding hydrogens is 353 g/mol. The number of halogens is 2. The Hall–Kier alpha value is -1.74. The maximum atomic E-state index is 6.22. The first-order valence-corrected chi connectivity index (χ1v) is 8.71. The van der Waals surface area contributed by atoms with Crippen molar-refractivity contribution >= 4 is 24.0 Å². The Bertz CT molecular complexity index is 770. The predicted octanol–water partition coefficient (Wildman–Crippen LogP) is 6.13.